The third-order valence-corrected chi connectivity index (χ3v) is 9.94. The van der Waals surface area contributed by atoms with Gasteiger partial charge in [0.25, 0.3) is 6.47 Å². The molecule has 0 fully saturated rings. The first-order valence-corrected chi connectivity index (χ1v) is 19.8. The molecule has 5 N–H and O–H groups in total. The van der Waals surface area contributed by atoms with Gasteiger partial charge in [-0.05, 0) is 92.6 Å². The predicted molar refractivity (Wildman–Crippen MR) is 238 cm³/mol. The summed E-state index contributed by atoms with van der Waals surface area (Å²) in [7, 11) is 0. The van der Waals surface area contributed by atoms with E-state index in [9.17, 15) is 19.5 Å². The van der Waals surface area contributed by atoms with Gasteiger partial charge in [-0.1, -0.05) is 115 Å². The summed E-state index contributed by atoms with van der Waals surface area (Å²) >= 11 is 10.6. The van der Waals surface area contributed by atoms with Crippen LogP contribution in [0.25, 0.3) is 0 Å². The van der Waals surface area contributed by atoms with E-state index in [4.69, 9.17) is 39.2 Å². The van der Waals surface area contributed by atoms with Crippen molar-refractivity contribution in [3.05, 3.63) is 189 Å². The number of hydrogen-bond acceptors (Lipinski definition) is 10. The Bertz CT molecular complexity index is 2480. The van der Waals surface area contributed by atoms with E-state index in [1.807, 2.05) is 99.6 Å². The smallest absolute Gasteiger partial charge is 1.00 e. The average Bonchev–Trinajstić information content (AvgIpc) is 3.26. The normalized spacial score (nSPS) is 15.0. The van der Waals surface area contributed by atoms with Crippen LogP contribution in [0.2, 0.25) is 0 Å². The number of aromatic hydroxyl groups is 1. The van der Waals surface area contributed by atoms with Gasteiger partial charge in [0, 0.05) is 40.1 Å². The minimum Gasteiger partial charge on any atom is -1.00 e. The zero-order chi connectivity index (χ0) is 43.9. The number of aryl methyl sites for hydroxylation is 2. The molecule has 0 saturated heterocycles. The Morgan fingerprint density at radius 2 is 1.14 bits per heavy atom. The van der Waals surface area contributed by atoms with E-state index in [1.165, 1.54) is 5.56 Å². The van der Waals surface area contributed by atoms with Crippen molar-refractivity contribution >= 4 is 58.7 Å². The summed E-state index contributed by atoms with van der Waals surface area (Å²) in [6, 6.07) is 39.5. The van der Waals surface area contributed by atoms with Crippen LogP contribution in [0, 0.1) is 6.92 Å². The molecule has 7 rings (SSSR count). The van der Waals surface area contributed by atoms with Crippen molar-refractivity contribution in [2.75, 3.05) is 0 Å². The van der Waals surface area contributed by atoms with E-state index in [0.29, 0.717) is 50.4 Å². The number of phenols is 1. The monoisotopic (exact) mass is 934 g/mol. The quantitative estimate of drug-likeness (QED) is 0.0184. The number of rotatable bonds is 11. The number of allylic oxidation sites excluding steroid dienone is 2. The minimum absolute atomic E-state index is 0. The molecule has 0 bridgehead atoms. The molecule has 5 aromatic carbocycles. The first-order chi connectivity index (χ1) is 29.4. The molecule has 2 unspecified atom stereocenters. The molecule has 2 heterocycles. The molecular formula is C47H44K2N4O8S2. The molecule has 16 heteroatoms. The van der Waals surface area contributed by atoms with Crippen molar-refractivity contribution in [2.45, 2.75) is 45.7 Å². The molecule has 2 atom stereocenters. The SMILES string of the molecule is CC1=C(C(=O)c2ccccc2)C(c2cccc(O)c2)NC(=S)N1.CC1=C(C(=O)c2ccccc2)C(c2cccc(OC(=O)CCc3ccc(C)cc3)c2)NC(=S)N1.O=CO[O-].[H-].[K+].[K+]. The Hall–Kier alpha value is -3.73. The van der Waals surface area contributed by atoms with Crippen molar-refractivity contribution in [2.24, 2.45) is 0 Å². The summed E-state index contributed by atoms with van der Waals surface area (Å²) in [6.45, 7) is 5.52. The molecular weight excluding hydrogens is 891 g/mol. The molecule has 314 valence electrons. The number of thiocarbonyl (C=S) groups is 2. The van der Waals surface area contributed by atoms with Gasteiger partial charge < -0.3 is 42.7 Å². The number of ketones is 2. The van der Waals surface area contributed by atoms with Crippen molar-refractivity contribution in [3.8, 4) is 11.5 Å². The first-order valence-electron chi connectivity index (χ1n) is 19.0. The zero-order valence-corrected chi connectivity index (χ0v) is 43.3. The van der Waals surface area contributed by atoms with Gasteiger partial charge >= 0.3 is 109 Å². The fourth-order valence-corrected chi connectivity index (χ4v) is 7.17. The molecule has 12 nitrogen and oxygen atoms in total. The molecule has 0 aromatic heterocycles. The minimum atomic E-state index is -0.465. The third kappa shape index (κ3) is 15.7. The zero-order valence-electron chi connectivity index (χ0n) is 36.5. The summed E-state index contributed by atoms with van der Waals surface area (Å²) in [6.07, 6.45) is 0.889. The van der Waals surface area contributed by atoms with Crippen LogP contribution in [-0.2, 0) is 20.9 Å². The van der Waals surface area contributed by atoms with Crippen LogP contribution in [0.1, 0.15) is 76.7 Å². The van der Waals surface area contributed by atoms with Crippen molar-refractivity contribution in [3.63, 3.8) is 0 Å². The summed E-state index contributed by atoms with van der Waals surface area (Å²) in [5.41, 5.74) is 7.63. The van der Waals surface area contributed by atoms with Gasteiger partial charge in [0.05, 0.1) is 12.1 Å². The first kappa shape index (κ1) is 53.6. The second-order valence-electron chi connectivity index (χ2n) is 13.9. The van der Waals surface area contributed by atoms with Crippen molar-refractivity contribution in [1.29, 1.82) is 0 Å². The fraction of sp³-hybridized carbons (Fsp3) is 0.149. The maximum absolute atomic E-state index is 13.3. The maximum atomic E-state index is 13.3. The number of carbonyl (C=O) groups is 4. The molecule has 0 amide bonds. The number of benzene rings is 5. The Labute approximate surface area is 463 Å². The van der Waals surface area contributed by atoms with Crippen LogP contribution in [0.3, 0.4) is 0 Å². The van der Waals surface area contributed by atoms with Crippen LogP contribution >= 0.6 is 24.4 Å². The van der Waals surface area contributed by atoms with Gasteiger partial charge in [0.15, 0.2) is 21.8 Å². The standard InChI is InChI=1S/C28H26N2O3S.C18H16N2O2S.CH2O3.2K.H/c1-18-11-13-20(14-12-18)15-16-24(31)33-23-10-6-9-22(17-23)26-25(19(2)29-28(34)30-26)27(32)21-7-4-3-5-8-21;1-11-15(17(22)12-6-3-2-4-7-12)16(20-18(23)19-11)13-8-5-9-14(21)10-13;2-1-4-3;;;/h3-14,17,26H,15-16H2,1-2H3,(H2,29,30,34);2-10,16,21H,1H3,(H2,19,20,23);1,3H;;;/q;;;2*+1;-1/p-1. The largest absolute Gasteiger partial charge is 1.00 e. The summed E-state index contributed by atoms with van der Waals surface area (Å²) in [4.78, 5) is 50.0. The van der Waals surface area contributed by atoms with Gasteiger partial charge in [0.1, 0.15) is 11.5 Å². The number of carbonyl (C=O) groups excluding carboxylic acids is 4. The Morgan fingerprint density at radius 1 is 0.683 bits per heavy atom. The molecule has 2 aliphatic rings. The Morgan fingerprint density at radius 3 is 1.60 bits per heavy atom. The Balaban J connectivity index is 0.000000410. The van der Waals surface area contributed by atoms with Crippen LogP contribution in [0.4, 0.5) is 0 Å². The molecule has 0 radical (unpaired) electrons. The molecule has 63 heavy (non-hydrogen) atoms. The topological polar surface area (TPSA) is 178 Å². The number of ether oxygens (including phenoxy) is 1. The molecule has 0 aliphatic carbocycles. The Kier molecular flexibility index (Phi) is 22.9. The van der Waals surface area contributed by atoms with Gasteiger partial charge in [-0.15, -0.1) is 0 Å². The fourth-order valence-electron chi connectivity index (χ4n) is 6.63. The van der Waals surface area contributed by atoms with Crippen LogP contribution in [0.5, 0.6) is 11.5 Å². The van der Waals surface area contributed by atoms with Crippen molar-refractivity contribution < 1.29 is 143 Å². The second-order valence-corrected chi connectivity index (χ2v) is 14.7. The summed E-state index contributed by atoms with van der Waals surface area (Å²) in [5, 5.41) is 31.5. The van der Waals surface area contributed by atoms with Gasteiger partial charge in [-0.25, -0.2) is 0 Å². The van der Waals surface area contributed by atoms with Gasteiger partial charge in [-0.3, -0.25) is 19.2 Å². The van der Waals surface area contributed by atoms with Crippen molar-refractivity contribution in [1.82, 2.24) is 21.3 Å². The van der Waals surface area contributed by atoms with Gasteiger partial charge in [-0.2, -0.15) is 0 Å². The van der Waals surface area contributed by atoms with E-state index in [1.54, 1.807) is 54.6 Å². The molecule has 0 spiro atoms. The number of phenolic OH excluding ortho intramolecular Hbond substituents is 1. The summed E-state index contributed by atoms with van der Waals surface area (Å²) < 4.78 is 5.61. The third-order valence-electron chi connectivity index (χ3n) is 9.50. The van der Waals surface area contributed by atoms with E-state index in [-0.39, 0.29) is 140 Å². The number of nitrogens with one attached hydrogen (secondary N) is 4. The van der Waals surface area contributed by atoms with E-state index >= 15 is 0 Å². The number of esters is 1. The number of hydrogen-bond donors (Lipinski definition) is 5. The average molecular weight is 935 g/mol. The predicted octanol–water partition coefficient (Wildman–Crippen LogP) is 0.832. The van der Waals surface area contributed by atoms with Crippen LogP contribution in [0.15, 0.2) is 156 Å². The molecule has 2 aliphatic heterocycles. The van der Waals surface area contributed by atoms with Crippen LogP contribution < -0.4 is 134 Å². The van der Waals surface area contributed by atoms with Gasteiger partial charge in [0.2, 0.25) is 0 Å². The maximum Gasteiger partial charge on any atom is 1.00 e. The number of Topliss-reactive ketones (excluding diaryl/α,β-unsaturated/α-hetero) is 2. The van der Waals surface area contributed by atoms with E-state index in [0.717, 1.165) is 22.4 Å². The molecule has 5 aromatic rings. The second kappa shape index (κ2) is 26.9. The van der Waals surface area contributed by atoms with Crippen LogP contribution in [-0.4, -0.2) is 39.3 Å². The summed E-state index contributed by atoms with van der Waals surface area (Å²) in [5.74, 6) is 0.114. The molecule has 0 saturated carbocycles. The van der Waals surface area contributed by atoms with E-state index in [2.05, 4.69) is 26.2 Å². The van der Waals surface area contributed by atoms with E-state index < -0.39 is 12.1 Å².